The van der Waals surface area contributed by atoms with Crippen LogP contribution in [0.3, 0.4) is 0 Å². The summed E-state index contributed by atoms with van der Waals surface area (Å²) in [4.78, 5) is 4.94. The Balaban J connectivity index is 1.10. The predicted octanol–water partition coefficient (Wildman–Crippen LogP) is 11.3. The Morgan fingerprint density at radius 2 is 1.20 bits per heavy atom. The molecule has 0 saturated carbocycles. The molecular weight excluding hydrogens is 552 g/mol. The Labute approximate surface area is 257 Å². The number of furan rings is 1. The van der Waals surface area contributed by atoms with Crippen LogP contribution in [-0.2, 0) is 0 Å². The van der Waals surface area contributed by atoms with E-state index in [4.69, 9.17) is 13.8 Å². The van der Waals surface area contributed by atoms with E-state index in [9.17, 15) is 0 Å². The number of oxazole rings is 1. The first-order valence-corrected chi connectivity index (χ1v) is 15.1. The molecule has 0 aliphatic rings. The molecule has 0 spiro atoms. The molecule has 0 N–H and O–H groups in total. The maximum absolute atomic E-state index is 6.26. The molecule has 4 nitrogen and oxygen atoms in total. The van der Waals surface area contributed by atoms with Crippen molar-refractivity contribution in [3.05, 3.63) is 146 Å². The van der Waals surface area contributed by atoms with Gasteiger partial charge >= 0.3 is 0 Å². The minimum Gasteiger partial charge on any atom is -0.456 e. The molecule has 0 unspecified atom stereocenters. The SMILES string of the molecule is c1ccc(-n2c3ccc(-c4ccc(-c5nc6c(ccc7oc8ccccc8c76)o5)cc4)cc3c3ccc4ccccc4c32)cc1. The Morgan fingerprint density at radius 1 is 0.467 bits per heavy atom. The zero-order valence-corrected chi connectivity index (χ0v) is 24.1. The molecule has 3 heterocycles. The molecule has 0 bridgehead atoms. The predicted molar refractivity (Wildman–Crippen MR) is 184 cm³/mol. The molecule has 0 atom stereocenters. The van der Waals surface area contributed by atoms with Gasteiger partial charge in [-0.25, -0.2) is 4.98 Å². The van der Waals surface area contributed by atoms with Crippen molar-refractivity contribution in [2.45, 2.75) is 0 Å². The van der Waals surface area contributed by atoms with Gasteiger partial charge in [-0.05, 0) is 71.1 Å². The first-order chi connectivity index (χ1) is 22.3. The molecule has 3 aromatic heterocycles. The number of benzene rings is 7. The largest absolute Gasteiger partial charge is 0.456 e. The van der Waals surface area contributed by atoms with Gasteiger partial charge < -0.3 is 13.4 Å². The number of hydrogen-bond donors (Lipinski definition) is 0. The average molecular weight is 577 g/mol. The van der Waals surface area contributed by atoms with Crippen molar-refractivity contribution in [3.63, 3.8) is 0 Å². The highest BCUT2D eigenvalue weighted by atomic mass is 16.4. The Bertz CT molecular complexity index is 2750. The van der Waals surface area contributed by atoms with Gasteiger partial charge in [0, 0.05) is 32.8 Å². The molecule has 0 radical (unpaired) electrons. The van der Waals surface area contributed by atoms with E-state index in [2.05, 4.69) is 120 Å². The number of hydrogen-bond acceptors (Lipinski definition) is 3. The van der Waals surface area contributed by atoms with Gasteiger partial charge in [0.25, 0.3) is 0 Å². The third-order valence-electron chi connectivity index (χ3n) is 9.03. The molecular formula is C41H24N2O2. The van der Waals surface area contributed by atoms with Crippen molar-refractivity contribution in [1.82, 2.24) is 9.55 Å². The van der Waals surface area contributed by atoms with Crippen LogP contribution in [0.4, 0.5) is 0 Å². The monoisotopic (exact) mass is 576 g/mol. The van der Waals surface area contributed by atoms with Crippen LogP contribution in [0, 0.1) is 0 Å². The van der Waals surface area contributed by atoms with E-state index in [1.54, 1.807) is 0 Å². The Morgan fingerprint density at radius 3 is 2.09 bits per heavy atom. The summed E-state index contributed by atoms with van der Waals surface area (Å²) in [6.45, 7) is 0. The Kier molecular flexibility index (Phi) is 4.96. The first kappa shape index (κ1) is 24.3. The standard InChI is InChI=1S/C41H24N2O2/c1-2-9-29(10-3-1)43-34-21-19-28(24-33(34)31-20-18-26-8-4-5-11-30(26)40(31)43)25-14-16-27(17-15-25)41-42-39-37(45-41)23-22-36-38(39)32-12-6-7-13-35(32)44-36/h1-24H. The lowest BCUT2D eigenvalue weighted by atomic mass is 10.0. The molecule has 0 aliphatic heterocycles. The zero-order chi connectivity index (χ0) is 29.5. The van der Waals surface area contributed by atoms with Crippen LogP contribution in [0.5, 0.6) is 0 Å². The van der Waals surface area contributed by atoms with Crippen molar-refractivity contribution in [2.75, 3.05) is 0 Å². The Hall–Kier alpha value is -6.13. The van der Waals surface area contributed by atoms with Crippen LogP contribution in [0.15, 0.2) is 154 Å². The van der Waals surface area contributed by atoms with E-state index < -0.39 is 0 Å². The van der Waals surface area contributed by atoms with E-state index in [-0.39, 0.29) is 0 Å². The van der Waals surface area contributed by atoms with Gasteiger partial charge in [-0.3, -0.25) is 0 Å². The van der Waals surface area contributed by atoms with Crippen LogP contribution in [0.25, 0.3) is 93.9 Å². The van der Waals surface area contributed by atoms with Gasteiger partial charge in [0.2, 0.25) is 5.89 Å². The summed E-state index contributed by atoms with van der Waals surface area (Å²) in [7, 11) is 0. The molecule has 7 aromatic carbocycles. The van der Waals surface area contributed by atoms with E-state index >= 15 is 0 Å². The minimum atomic E-state index is 0.600. The van der Waals surface area contributed by atoms with E-state index in [0.29, 0.717) is 5.89 Å². The zero-order valence-electron chi connectivity index (χ0n) is 24.1. The maximum atomic E-state index is 6.26. The number of para-hydroxylation sites is 2. The van der Waals surface area contributed by atoms with Crippen molar-refractivity contribution in [1.29, 1.82) is 0 Å². The smallest absolute Gasteiger partial charge is 0.227 e. The molecule has 10 rings (SSSR count). The average Bonchev–Trinajstić information content (AvgIpc) is 3.80. The molecule has 0 fully saturated rings. The molecule has 10 aromatic rings. The second-order valence-electron chi connectivity index (χ2n) is 11.6. The normalized spacial score (nSPS) is 12.0. The molecule has 0 saturated heterocycles. The fourth-order valence-corrected chi connectivity index (χ4v) is 6.94. The summed E-state index contributed by atoms with van der Waals surface area (Å²) in [6, 6.07) is 51.0. The molecule has 0 aliphatic carbocycles. The summed E-state index contributed by atoms with van der Waals surface area (Å²) < 4.78 is 14.7. The van der Waals surface area contributed by atoms with E-state index in [1.807, 2.05) is 30.3 Å². The van der Waals surface area contributed by atoms with Crippen LogP contribution in [-0.4, -0.2) is 9.55 Å². The van der Waals surface area contributed by atoms with E-state index in [1.165, 1.54) is 38.1 Å². The van der Waals surface area contributed by atoms with Gasteiger partial charge in [0.15, 0.2) is 5.58 Å². The van der Waals surface area contributed by atoms with Crippen molar-refractivity contribution >= 4 is 65.6 Å². The topological polar surface area (TPSA) is 44.1 Å². The summed E-state index contributed by atoms with van der Waals surface area (Å²) in [6.07, 6.45) is 0. The summed E-state index contributed by atoms with van der Waals surface area (Å²) in [5.41, 5.74) is 10.1. The highest BCUT2D eigenvalue weighted by Gasteiger charge is 2.18. The van der Waals surface area contributed by atoms with Gasteiger partial charge in [-0.2, -0.15) is 0 Å². The van der Waals surface area contributed by atoms with E-state index in [0.717, 1.165) is 49.9 Å². The van der Waals surface area contributed by atoms with Crippen LogP contribution in [0.2, 0.25) is 0 Å². The minimum absolute atomic E-state index is 0.600. The lowest BCUT2D eigenvalue weighted by molar-refractivity contribution is 0.619. The lowest BCUT2D eigenvalue weighted by Gasteiger charge is -2.10. The second-order valence-corrected chi connectivity index (χ2v) is 11.6. The quantitative estimate of drug-likeness (QED) is 0.210. The fourth-order valence-electron chi connectivity index (χ4n) is 6.94. The third kappa shape index (κ3) is 3.57. The summed E-state index contributed by atoms with van der Waals surface area (Å²) in [5, 5.41) is 7.00. The van der Waals surface area contributed by atoms with Crippen LogP contribution in [0.1, 0.15) is 0 Å². The number of rotatable bonds is 3. The number of fused-ring (bicyclic) bond motifs is 10. The molecule has 4 heteroatoms. The number of aromatic nitrogens is 2. The highest BCUT2D eigenvalue weighted by molar-refractivity contribution is 6.19. The summed E-state index contributed by atoms with van der Waals surface area (Å²) in [5.74, 6) is 0.600. The second kappa shape index (κ2) is 9.18. The first-order valence-electron chi connectivity index (χ1n) is 15.1. The van der Waals surface area contributed by atoms with Gasteiger partial charge in [0.1, 0.15) is 16.7 Å². The fraction of sp³-hybridized carbons (Fsp3) is 0. The highest BCUT2D eigenvalue weighted by Crippen LogP contribution is 2.39. The van der Waals surface area contributed by atoms with Gasteiger partial charge in [-0.1, -0.05) is 91.0 Å². The molecule has 45 heavy (non-hydrogen) atoms. The lowest BCUT2D eigenvalue weighted by Crippen LogP contribution is -1.93. The van der Waals surface area contributed by atoms with Crippen molar-refractivity contribution in [2.24, 2.45) is 0 Å². The summed E-state index contributed by atoms with van der Waals surface area (Å²) >= 11 is 0. The maximum Gasteiger partial charge on any atom is 0.227 e. The van der Waals surface area contributed by atoms with Crippen LogP contribution >= 0.6 is 0 Å². The van der Waals surface area contributed by atoms with Crippen LogP contribution < -0.4 is 0 Å². The molecule has 210 valence electrons. The third-order valence-corrected chi connectivity index (χ3v) is 9.03. The van der Waals surface area contributed by atoms with Crippen molar-refractivity contribution in [3.8, 4) is 28.3 Å². The number of nitrogens with zero attached hydrogens (tertiary/aromatic N) is 2. The van der Waals surface area contributed by atoms with Crippen molar-refractivity contribution < 1.29 is 8.83 Å². The van der Waals surface area contributed by atoms with Gasteiger partial charge in [-0.15, -0.1) is 0 Å². The van der Waals surface area contributed by atoms with Gasteiger partial charge in [0.05, 0.1) is 16.4 Å². The molecule has 0 amide bonds.